The third kappa shape index (κ3) is 4.15. The van der Waals surface area contributed by atoms with Gasteiger partial charge in [-0.25, -0.2) is 0 Å². The van der Waals surface area contributed by atoms with Crippen LogP contribution in [-0.4, -0.2) is 37.0 Å². The summed E-state index contributed by atoms with van der Waals surface area (Å²) >= 11 is 0. The molecule has 0 aliphatic carbocycles. The monoisotopic (exact) mass is 176 g/mol. The van der Waals surface area contributed by atoms with Gasteiger partial charge in [-0.05, 0) is 13.8 Å². The molecule has 0 saturated heterocycles. The first-order valence-corrected chi connectivity index (χ1v) is 3.73. The second-order valence-corrected chi connectivity index (χ2v) is 2.57. The van der Waals surface area contributed by atoms with Crippen molar-refractivity contribution in [2.24, 2.45) is 10.9 Å². The van der Waals surface area contributed by atoms with Crippen LogP contribution in [0.4, 0.5) is 0 Å². The Morgan fingerprint density at radius 3 is 2.58 bits per heavy atom. The smallest absolute Gasteiger partial charge is 0.168 e. The highest BCUT2D eigenvalue weighted by Crippen LogP contribution is 1.98. The van der Waals surface area contributed by atoms with Crippen LogP contribution in [0, 0.1) is 0 Å². The minimum Gasteiger partial charge on any atom is -0.409 e. The number of rotatable bonds is 5. The van der Waals surface area contributed by atoms with Crippen molar-refractivity contribution in [1.29, 1.82) is 0 Å². The van der Waals surface area contributed by atoms with Gasteiger partial charge in [0.1, 0.15) is 6.10 Å². The second-order valence-electron chi connectivity index (χ2n) is 2.57. The fourth-order valence-electron chi connectivity index (χ4n) is 0.773. The minimum absolute atomic E-state index is 0.0645. The standard InChI is InChI=1S/C7H16N2O3/c1-5(4-11-3)12-6(2)7(8)9-10/h5-6,10H,4H2,1-3H3,(H2,8,9). The van der Waals surface area contributed by atoms with Gasteiger partial charge in [0.15, 0.2) is 5.84 Å². The topological polar surface area (TPSA) is 77.1 Å². The van der Waals surface area contributed by atoms with E-state index in [1.54, 1.807) is 14.0 Å². The van der Waals surface area contributed by atoms with Crippen LogP contribution in [-0.2, 0) is 9.47 Å². The molecule has 0 fully saturated rings. The van der Waals surface area contributed by atoms with Crippen molar-refractivity contribution in [3.8, 4) is 0 Å². The van der Waals surface area contributed by atoms with Crippen molar-refractivity contribution in [3.05, 3.63) is 0 Å². The number of hydrogen-bond acceptors (Lipinski definition) is 4. The zero-order valence-electron chi connectivity index (χ0n) is 7.65. The predicted octanol–water partition coefficient (Wildman–Crippen LogP) is 0.173. The molecular weight excluding hydrogens is 160 g/mol. The summed E-state index contributed by atoms with van der Waals surface area (Å²) in [6.07, 6.45) is -0.453. The Kier molecular flexibility index (Phi) is 5.40. The van der Waals surface area contributed by atoms with Gasteiger partial charge in [0.25, 0.3) is 0 Å². The normalized spacial score (nSPS) is 17.4. The molecular formula is C7H16N2O3. The number of nitrogens with zero attached hydrogens (tertiary/aromatic N) is 1. The predicted molar refractivity (Wildman–Crippen MR) is 45.3 cm³/mol. The fraction of sp³-hybridized carbons (Fsp3) is 0.857. The molecule has 0 aromatic heterocycles. The van der Waals surface area contributed by atoms with Gasteiger partial charge in [0.2, 0.25) is 0 Å². The van der Waals surface area contributed by atoms with Crippen LogP contribution in [0.15, 0.2) is 5.16 Å². The van der Waals surface area contributed by atoms with E-state index in [0.717, 1.165) is 0 Å². The molecule has 2 atom stereocenters. The van der Waals surface area contributed by atoms with Crippen molar-refractivity contribution in [3.63, 3.8) is 0 Å². The van der Waals surface area contributed by atoms with Crippen molar-refractivity contribution in [2.75, 3.05) is 13.7 Å². The maximum atomic E-state index is 8.30. The van der Waals surface area contributed by atoms with Crippen molar-refractivity contribution in [2.45, 2.75) is 26.1 Å². The van der Waals surface area contributed by atoms with Gasteiger partial charge in [-0.2, -0.15) is 0 Å². The highest BCUT2D eigenvalue weighted by atomic mass is 16.5. The van der Waals surface area contributed by atoms with Crippen LogP contribution in [0.2, 0.25) is 0 Å². The quantitative estimate of drug-likeness (QED) is 0.271. The highest BCUT2D eigenvalue weighted by molar-refractivity contribution is 5.83. The molecule has 0 bridgehead atoms. The number of nitrogens with two attached hydrogens (primary N) is 1. The maximum Gasteiger partial charge on any atom is 0.168 e. The number of hydrogen-bond donors (Lipinski definition) is 2. The highest BCUT2D eigenvalue weighted by Gasteiger charge is 2.11. The van der Waals surface area contributed by atoms with Gasteiger partial charge >= 0.3 is 0 Å². The Bertz CT molecular complexity index is 150. The van der Waals surface area contributed by atoms with Crippen molar-refractivity contribution >= 4 is 5.84 Å². The van der Waals surface area contributed by atoms with E-state index in [0.29, 0.717) is 6.61 Å². The van der Waals surface area contributed by atoms with E-state index in [9.17, 15) is 0 Å². The van der Waals surface area contributed by atoms with Crippen molar-refractivity contribution < 1.29 is 14.7 Å². The molecule has 0 aromatic carbocycles. The molecule has 12 heavy (non-hydrogen) atoms. The third-order valence-corrected chi connectivity index (χ3v) is 1.37. The molecule has 2 unspecified atom stereocenters. The van der Waals surface area contributed by atoms with E-state index < -0.39 is 0 Å². The summed E-state index contributed by atoms with van der Waals surface area (Å²) in [7, 11) is 1.59. The van der Waals surface area contributed by atoms with Gasteiger partial charge in [0, 0.05) is 7.11 Å². The van der Waals surface area contributed by atoms with E-state index in [1.807, 2.05) is 6.92 Å². The lowest BCUT2D eigenvalue weighted by Gasteiger charge is -2.16. The molecule has 5 nitrogen and oxygen atoms in total. The van der Waals surface area contributed by atoms with Crippen LogP contribution in [0.3, 0.4) is 0 Å². The second kappa shape index (κ2) is 5.79. The SMILES string of the molecule is COCC(C)OC(C)C(N)=NO. The zero-order chi connectivity index (χ0) is 9.56. The molecule has 72 valence electrons. The lowest BCUT2D eigenvalue weighted by Crippen LogP contribution is -2.33. The molecule has 0 rings (SSSR count). The summed E-state index contributed by atoms with van der Waals surface area (Å²) < 4.78 is 10.2. The first-order chi connectivity index (χ1) is 5.61. The molecule has 0 aromatic rings. The number of ether oxygens (including phenoxy) is 2. The Morgan fingerprint density at radius 1 is 1.58 bits per heavy atom. The van der Waals surface area contributed by atoms with Crippen molar-refractivity contribution in [1.82, 2.24) is 0 Å². The van der Waals surface area contributed by atoms with Gasteiger partial charge in [0.05, 0.1) is 12.7 Å². The molecule has 0 spiro atoms. The summed E-state index contributed by atoms with van der Waals surface area (Å²) in [4.78, 5) is 0. The molecule has 0 aliphatic heterocycles. The largest absolute Gasteiger partial charge is 0.409 e. The number of amidine groups is 1. The Morgan fingerprint density at radius 2 is 2.17 bits per heavy atom. The lowest BCUT2D eigenvalue weighted by atomic mass is 10.3. The van der Waals surface area contributed by atoms with Crippen LogP contribution in [0.5, 0.6) is 0 Å². The fourth-order valence-corrected chi connectivity index (χ4v) is 0.773. The first kappa shape index (κ1) is 11.2. The molecule has 0 saturated carbocycles. The molecule has 0 heterocycles. The summed E-state index contributed by atoms with van der Waals surface area (Å²) in [5.41, 5.74) is 5.30. The van der Waals surface area contributed by atoms with E-state index >= 15 is 0 Å². The van der Waals surface area contributed by atoms with E-state index in [2.05, 4.69) is 5.16 Å². The average Bonchev–Trinajstić information content (AvgIpc) is 2.03. The van der Waals surface area contributed by atoms with E-state index in [4.69, 9.17) is 20.4 Å². The average molecular weight is 176 g/mol. The molecule has 5 heteroatoms. The summed E-state index contributed by atoms with van der Waals surface area (Å²) in [6.45, 7) is 4.05. The van der Waals surface area contributed by atoms with Gasteiger partial charge in [-0.15, -0.1) is 0 Å². The number of oxime groups is 1. The third-order valence-electron chi connectivity index (χ3n) is 1.37. The van der Waals surface area contributed by atoms with Gasteiger partial charge in [-0.1, -0.05) is 5.16 Å². The van der Waals surface area contributed by atoms with Crippen LogP contribution in [0.1, 0.15) is 13.8 Å². The van der Waals surface area contributed by atoms with Crippen LogP contribution in [0.25, 0.3) is 0 Å². The molecule has 0 radical (unpaired) electrons. The lowest BCUT2D eigenvalue weighted by molar-refractivity contribution is -0.00680. The Hall–Kier alpha value is -0.810. The van der Waals surface area contributed by atoms with E-state index in [1.165, 1.54) is 0 Å². The van der Waals surface area contributed by atoms with Crippen LogP contribution >= 0.6 is 0 Å². The summed E-state index contributed by atoms with van der Waals surface area (Å²) in [5, 5.41) is 11.1. The summed E-state index contributed by atoms with van der Waals surface area (Å²) in [5.74, 6) is 0.0675. The molecule has 3 N–H and O–H groups in total. The Balaban J connectivity index is 3.75. The Labute approximate surface area is 72.1 Å². The van der Waals surface area contributed by atoms with E-state index in [-0.39, 0.29) is 18.0 Å². The first-order valence-electron chi connectivity index (χ1n) is 3.73. The molecule has 0 amide bonds. The van der Waals surface area contributed by atoms with Crippen LogP contribution < -0.4 is 5.73 Å². The molecule has 0 aliphatic rings. The maximum absolute atomic E-state index is 8.30. The van der Waals surface area contributed by atoms with Gasteiger partial charge in [-0.3, -0.25) is 0 Å². The zero-order valence-corrected chi connectivity index (χ0v) is 7.65. The number of methoxy groups -OCH3 is 1. The van der Waals surface area contributed by atoms with Gasteiger partial charge < -0.3 is 20.4 Å². The minimum atomic E-state index is -0.389. The summed E-state index contributed by atoms with van der Waals surface area (Å²) in [6, 6.07) is 0.